The van der Waals surface area contributed by atoms with Gasteiger partial charge in [-0.2, -0.15) is 5.11 Å². The summed E-state index contributed by atoms with van der Waals surface area (Å²) in [6.07, 6.45) is 3.12. The Morgan fingerprint density at radius 1 is 1.35 bits per heavy atom. The molecule has 1 saturated heterocycles. The van der Waals surface area contributed by atoms with Gasteiger partial charge in [-0.05, 0) is 55.7 Å². The number of hydrogen-bond donors (Lipinski definition) is 2. The molecule has 1 amide bonds. The maximum atomic E-state index is 12.9. The molecule has 3 heterocycles. The zero-order chi connectivity index (χ0) is 16.2. The fourth-order valence-electron chi connectivity index (χ4n) is 4.03. The van der Waals surface area contributed by atoms with Crippen LogP contribution < -0.4 is 10.6 Å². The molecule has 1 unspecified atom stereocenters. The maximum absolute atomic E-state index is 12.9. The van der Waals surface area contributed by atoms with Crippen LogP contribution in [0.15, 0.2) is 33.6 Å². The molecule has 0 aromatic heterocycles. The maximum Gasteiger partial charge on any atom is 0.235 e. The van der Waals surface area contributed by atoms with E-state index in [1.54, 1.807) is 12.3 Å². The smallest absolute Gasteiger partial charge is 0.235 e. The highest BCUT2D eigenvalue weighted by molar-refractivity contribution is 6.31. The fourth-order valence-corrected chi connectivity index (χ4v) is 4.20. The van der Waals surface area contributed by atoms with Crippen LogP contribution in [0.2, 0.25) is 5.02 Å². The number of anilines is 1. The lowest BCUT2D eigenvalue weighted by atomic mass is 9.67. The second-order valence-electron chi connectivity index (χ2n) is 6.91. The van der Waals surface area contributed by atoms with Crippen LogP contribution in [0.25, 0.3) is 0 Å². The normalized spacial score (nSPS) is 38.1. The molecule has 1 aromatic carbocycles. The van der Waals surface area contributed by atoms with Gasteiger partial charge in [0.15, 0.2) is 0 Å². The summed E-state index contributed by atoms with van der Waals surface area (Å²) in [6, 6.07) is 5.75. The number of rotatable bonds is 1. The highest BCUT2D eigenvalue weighted by Gasteiger charge is 2.54. The van der Waals surface area contributed by atoms with E-state index in [9.17, 15) is 4.79 Å². The molecule has 6 nitrogen and oxygen atoms in total. The van der Waals surface area contributed by atoms with Crippen molar-refractivity contribution in [3.05, 3.63) is 28.8 Å². The van der Waals surface area contributed by atoms with E-state index in [0.29, 0.717) is 11.4 Å². The van der Waals surface area contributed by atoms with Gasteiger partial charge in [-0.3, -0.25) is 4.79 Å². The van der Waals surface area contributed by atoms with Crippen molar-refractivity contribution >= 4 is 29.4 Å². The summed E-state index contributed by atoms with van der Waals surface area (Å²) < 4.78 is 0. The van der Waals surface area contributed by atoms with Crippen LogP contribution in [0.1, 0.15) is 32.3 Å². The lowest BCUT2D eigenvalue weighted by molar-refractivity contribution is -0.122. The quantitative estimate of drug-likeness (QED) is 0.830. The molecule has 7 heteroatoms. The van der Waals surface area contributed by atoms with Gasteiger partial charge in [0.1, 0.15) is 5.54 Å². The third-order valence-corrected chi connectivity index (χ3v) is 5.44. The molecule has 1 spiro atoms. The number of halogens is 1. The third-order valence-electron chi connectivity index (χ3n) is 5.21. The van der Waals surface area contributed by atoms with Gasteiger partial charge in [-0.25, -0.2) is 0 Å². The van der Waals surface area contributed by atoms with Gasteiger partial charge in [-0.1, -0.05) is 11.6 Å². The molecule has 120 valence electrons. The Labute approximate surface area is 139 Å². The van der Waals surface area contributed by atoms with Crippen molar-refractivity contribution in [3.63, 3.8) is 0 Å². The second-order valence-corrected chi connectivity index (χ2v) is 7.35. The van der Waals surface area contributed by atoms with E-state index < -0.39 is 11.0 Å². The molecule has 0 saturated carbocycles. The molecule has 4 atom stereocenters. The number of nitrogens with one attached hydrogen (secondary N) is 2. The molecular weight excluding hydrogens is 314 g/mol. The van der Waals surface area contributed by atoms with Gasteiger partial charge in [0, 0.05) is 22.8 Å². The molecule has 3 aliphatic rings. The minimum absolute atomic E-state index is 0.0167. The van der Waals surface area contributed by atoms with Crippen LogP contribution in [0.3, 0.4) is 0 Å². The van der Waals surface area contributed by atoms with Crippen LogP contribution >= 0.6 is 11.6 Å². The summed E-state index contributed by atoms with van der Waals surface area (Å²) in [5.41, 5.74) is 0.747. The van der Waals surface area contributed by atoms with Gasteiger partial charge in [0.2, 0.25) is 5.91 Å². The Hall–Kier alpha value is -1.79. The molecule has 0 radical (unpaired) electrons. The molecule has 1 fully saturated rings. The summed E-state index contributed by atoms with van der Waals surface area (Å²) in [5, 5.41) is 19.1. The van der Waals surface area contributed by atoms with Crippen LogP contribution in [0.4, 0.5) is 5.69 Å². The minimum Gasteiger partial charge on any atom is -0.325 e. The van der Waals surface area contributed by atoms with Crippen molar-refractivity contribution in [2.45, 2.75) is 49.7 Å². The van der Waals surface area contributed by atoms with E-state index in [1.165, 1.54) is 0 Å². The summed E-state index contributed by atoms with van der Waals surface area (Å²) in [7, 11) is 0. The SMILES string of the molecule is C[C@H]1C[C@@]2(C[C@@H](C3(C)C=NN=N3)N1)C(=O)Nc1ccc(Cl)cc12. The average Bonchev–Trinajstić information content (AvgIpc) is 3.05. The van der Waals surface area contributed by atoms with Gasteiger partial charge in [0.05, 0.1) is 11.6 Å². The van der Waals surface area contributed by atoms with E-state index in [4.69, 9.17) is 11.6 Å². The summed E-state index contributed by atoms with van der Waals surface area (Å²) in [4.78, 5) is 12.9. The zero-order valence-electron chi connectivity index (χ0n) is 13.0. The Morgan fingerprint density at radius 2 is 2.17 bits per heavy atom. The first-order valence-corrected chi connectivity index (χ1v) is 8.15. The Balaban J connectivity index is 1.79. The highest BCUT2D eigenvalue weighted by Crippen LogP contribution is 2.48. The van der Waals surface area contributed by atoms with Crippen LogP contribution in [0.5, 0.6) is 0 Å². The molecule has 2 N–H and O–H groups in total. The monoisotopic (exact) mass is 331 g/mol. The van der Waals surface area contributed by atoms with Crippen molar-refractivity contribution < 1.29 is 4.79 Å². The number of hydrogen-bond acceptors (Lipinski definition) is 5. The number of nitrogens with zero attached hydrogens (tertiary/aromatic N) is 3. The Kier molecular flexibility index (Phi) is 3.12. The van der Waals surface area contributed by atoms with Crippen molar-refractivity contribution in [3.8, 4) is 0 Å². The lowest BCUT2D eigenvalue weighted by Crippen LogP contribution is -2.60. The number of fused-ring (bicyclic) bond motifs is 2. The van der Waals surface area contributed by atoms with Crippen LogP contribution in [0, 0.1) is 0 Å². The van der Waals surface area contributed by atoms with E-state index in [2.05, 4.69) is 33.0 Å². The first kappa shape index (κ1) is 14.8. The lowest BCUT2D eigenvalue weighted by Gasteiger charge is -2.44. The number of amides is 1. The summed E-state index contributed by atoms with van der Waals surface area (Å²) >= 11 is 6.19. The summed E-state index contributed by atoms with van der Waals surface area (Å²) in [5.74, 6) is 0.0450. The van der Waals surface area contributed by atoms with Crippen molar-refractivity contribution in [2.75, 3.05) is 5.32 Å². The van der Waals surface area contributed by atoms with Crippen molar-refractivity contribution in [1.29, 1.82) is 0 Å². The first-order chi connectivity index (χ1) is 10.9. The number of piperidine rings is 1. The molecule has 0 bridgehead atoms. The predicted molar refractivity (Wildman–Crippen MR) is 89.1 cm³/mol. The van der Waals surface area contributed by atoms with E-state index in [0.717, 1.165) is 17.7 Å². The first-order valence-electron chi connectivity index (χ1n) is 7.77. The molecular formula is C16H18ClN5O. The topological polar surface area (TPSA) is 78.2 Å². The molecule has 4 rings (SSSR count). The van der Waals surface area contributed by atoms with E-state index >= 15 is 0 Å². The van der Waals surface area contributed by atoms with Crippen LogP contribution in [-0.4, -0.2) is 29.7 Å². The van der Waals surface area contributed by atoms with Gasteiger partial charge >= 0.3 is 0 Å². The van der Waals surface area contributed by atoms with Crippen molar-refractivity contribution in [1.82, 2.24) is 5.32 Å². The van der Waals surface area contributed by atoms with Gasteiger partial charge < -0.3 is 10.6 Å². The Bertz CT molecular complexity index is 734. The standard InChI is InChI=1S/C16H18ClN5O/c1-9-6-16(7-13(19-9)15(2)8-18-22-21-15)11-5-10(17)3-4-12(11)20-14(16)23/h3-5,8-9,13,19H,6-7H2,1-2H3,(H,20,23)/t9-,13-,15?,16-/m0/s1. The highest BCUT2D eigenvalue weighted by atomic mass is 35.5. The summed E-state index contributed by atoms with van der Waals surface area (Å²) in [6.45, 7) is 4.08. The van der Waals surface area contributed by atoms with Gasteiger partial charge in [-0.15, -0.1) is 5.10 Å². The number of carbonyl (C=O) groups excluding carboxylic acids is 1. The predicted octanol–water partition coefficient (Wildman–Crippen LogP) is 2.88. The van der Waals surface area contributed by atoms with Gasteiger partial charge in [0.25, 0.3) is 0 Å². The largest absolute Gasteiger partial charge is 0.325 e. The molecule has 23 heavy (non-hydrogen) atoms. The van der Waals surface area contributed by atoms with Crippen molar-refractivity contribution in [2.24, 2.45) is 15.4 Å². The second kappa shape index (κ2) is 4.85. The van der Waals surface area contributed by atoms with Crippen LogP contribution in [-0.2, 0) is 10.2 Å². The fraction of sp³-hybridized carbons (Fsp3) is 0.500. The molecule has 0 aliphatic carbocycles. The van der Waals surface area contributed by atoms with E-state index in [1.807, 2.05) is 19.1 Å². The zero-order valence-corrected chi connectivity index (χ0v) is 13.8. The number of benzene rings is 1. The Morgan fingerprint density at radius 3 is 2.91 bits per heavy atom. The van der Waals surface area contributed by atoms with E-state index in [-0.39, 0.29) is 18.0 Å². The third kappa shape index (κ3) is 2.12. The average molecular weight is 332 g/mol. The minimum atomic E-state index is -0.579. The molecule has 3 aliphatic heterocycles. The molecule has 1 aromatic rings. The number of carbonyl (C=O) groups is 1.